The number of hydrogen-bond acceptors (Lipinski definition) is 3. The smallest absolute Gasteiger partial charge is 0.0593 e. The van der Waals surface area contributed by atoms with Gasteiger partial charge in [-0.15, -0.1) is 0 Å². The van der Waals surface area contributed by atoms with E-state index in [1.54, 1.807) is 0 Å². The van der Waals surface area contributed by atoms with Crippen LogP contribution in [0.5, 0.6) is 0 Å². The molecule has 0 spiro atoms. The number of ether oxygens (including phenoxy) is 1. The standard InChI is InChI=1S/C11H22N2O/c1-2-14-6-5-13-10-3-4-11(13)8-9(12)7-10/h9-11H,2-8,12H2,1H3/t9-,10+,11-. The summed E-state index contributed by atoms with van der Waals surface area (Å²) in [6.07, 6.45) is 5.10. The summed E-state index contributed by atoms with van der Waals surface area (Å²) in [5.41, 5.74) is 6.01. The van der Waals surface area contributed by atoms with Crippen molar-refractivity contribution in [1.82, 2.24) is 4.90 Å². The number of nitrogens with two attached hydrogens (primary N) is 1. The van der Waals surface area contributed by atoms with Crippen LogP contribution in [0.2, 0.25) is 0 Å². The summed E-state index contributed by atoms with van der Waals surface area (Å²) in [6.45, 7) is 4.89. The molecule has 2 rings (SSSR count). The molecule has 0 aromatic carbocycles. The van der Waals surface area contributed by atoms with Crippen LogP contribution in [0.4, 0.5) is 0 Å². The normalized spacial score (nSPS) is 37.7. The lowest BCUT2D eigenvalue weighted by molar-refractivity contribution is 0.0679. The van der Waals surface area contributed by atoms with Gasteiger partial charge in [-0.2, -0.15) is 0 Å². The summed E-state index contributed by atoms with van der Waals surface area (Å²) in [6, 6.07) is 1.96. The predicted octanol–water partition coefficient (Wildman–Crippen LogP) is 0.977. The van der Waals surface area contributed by atoms with Crippen LogP contribution in [0.3, 0.4) is 0 Å². The Morgan fingerprint density at radius 1 is 1.29 bits per heavy atom. The minimum atomic E-state index is 0.454. The summed E-state index contributed by atoms with van der Waals surface area (Å²) in [7, 11) is 0. The molecule has 2 bridgehead atoms. The Labute approximate surface area is 86.6 Å². The van der Waals surface area contributed by atoms with Crippen LogP contribution in [-0.2, 0) is 4.74 Å². The van der Waals surface area contributed by atoms with Crippen molar-refractivity contribution in [3.05, 3.63) is 0 Å². The lowest BCUT2D eigenvalue weighted by Crippen LogP contribution is -2.48. The van der Waals surface area contributed by atoms with Crippen LogP contribution in [0.25, 0.3) is 0 Å². The van der Waals surface area contributed by atoms with Gasteiger partial charge in [-0.3, -0.25) is 4.90 Å². The van der Waals surface area contributed by atoms with Gasteiger partial charge in [-0.25, -0.2) is 0 Å². The van der Waals surface area contributed by atoms with Gasteiger partial charge in [0, 0.05) is 31.3 Å². The molecule has 0 amide bonds. The van der Waals surface area contributed by atoms with Crippen LogP contribution in [0, 0.1) is 0 Å². The van der Waals surface area contributed by atoms with E-state index in [1.807, 2.05) is 0 Å². The Morgan fingerprint density at radius 2 is 1.93 bits per heavy atom. The predicted molar refractivity (Wildman–Crippen MR) is 57.2 cm³/mol. The van der Waals surface area contributed by atoms with Crippen LogP contribution >= 0.6 is 0 Å². The summed E-state index contributed by atoms with van der Waals surface area (Å²) in [4.78, 5) is 2.62. The second-order valence-corrected chi connectivity index (χ2v) is 4.55. The maximum atomic E-state index is 6.01. The Hall–Kier alpha value is -0.120. The molecule has 0 unspecified atom stereocenters. The minimum Gasteiger partial charge on any atom is -0.380 e. The highest BCUT2D eigenvalue weighted by atomic mass is 16.5. The zero-order valence-electron chi connectivity index (χ0n) is 9.11. The van der Waals surface area contributed by atoms with E-state index in [1.165, 1.54) is 25.7 Å². The fourth-order valence-electron chi connectivity index (χ4n) is 3.00. The number of nitrogens with zero attached hydrogens (tertiary/aromatic N) is 1. The summed E-state index contributed by atoms with van der Waals surface area (Å²) in [5, 5.41) is 0. The van der Waals surface area contributed by atoms with E-state index in [9.17, 15) is 0 Å². The van der Waals surface area contributed by atoms with Crippen molar-refractivity contribution >= 4 is 0 Å². The van der Waals surface area contributed by atoms with Crippen LogP contribution in [0.1, 0.15) is 32.6 Å². The second kappa shape index (κ2) is 4.60. The third-order valence-corrected chi connectivity index (χ3v) is 3.62. The van der Waals surface area contributed by atoms with E-state index in [0.29, 0.717) is 6.04 Å². The van der Waals surface area contributed by atoms with E-state index < -0.39 is 0 Å². The fourth-order valence-corrected chi connectivity index (χ4v) is 3.00. The molecule has 0 aromatic rings. The van der Waals surface area contributed by atoms with Gasteiger partial charge in [0.05, 0.1) is 6.61 Å². The van der Waals surface area contributed by atoms with E-state index in [-0.39, 0.29) is 0 Å². The van der Waals surface area contributed by atoms with Gasteiger partial charge in [0.15, 0.2) is 0 Å². The fraction of sp³-hybridized carbons (Fsp3) is 1.00. The number of rotatable bonds is 4. The molecule has 3 nitrogen and oxygen atoms in total. The molecule has 2 N–H and O–H groups in total. The lowest BCUT2D eigenvalue weighted by atomic mass is 9.98. The van der Waals surface area contributed by atoms with Crippen LogP contribution in [0.15, 0.2) is 0 Å². The Bertz CT molecular complexity index is 172. The van der Waals surface area contributed by atoms with Crippen molar-refractivity contribution < 1.29 is 4.74 Å². The summed E-state index contributed by atoms with van der Waals surface area (Å²) < 4.78 is 5.41. The van der Waals surface area contributed by atoms with Crippen molar-refractivity contribution in [2.24, 2.45) is 5.73 Å². The average molecular weight is 198 g/mol. The molecule has 0 saturated carbocycles. The Balaban J connectivity index is 1.82. The zero-order chi connectivity index (χ0) is 9.97. The number of fused-ring (bicyclic) bond motifs is 2. The highest BCUT2D eigenvalue weighted by molar-refractivity contribution is 4.96. The van der Waals surface area contributed by atoms with Crippen molar-refractivity contribution in [2.75, 3.05) is 19.8 Å². The van der Waals surface area contributed by atoms with Crippen LogP contribution < -0.4 is 5.73 Å². The molecule has 2 fully saturated rings. The van der Waals surface area contributed by atoms with E-state index in [2.05, 4.69) is 11.8 Å². The molecule has 3 heteroatoms. The van der Waals surface area contributed by atoms with Crippen LogP contribution in [-0.4, -0.2) is 42.8 Å². The molecule has 2 aliphatic heterocycles. The molecule has 2 aliphatic rings. The monoisotopic (exact) mass is 198 g/mol. The van der Waals surface area contributed by atoms with E-state index >= 15 is 0 Å². The molecule has 0 aromatic heterocycles. The lowest BCUT2D eigenvalue weighted by Gasteiger charge is -2.37. The minimum absolute atomic E-state index is 0.454. The first-order chi connectivity index (χ1) is 6.81. The Morgan fingerprint density at radius 3 is 2.50 bits per heavy atom. The van der Waals surface area contributed by atoms with Gasteiger partial charge < -0.3 is 10.5 Å². The second-order valence-electron chi connectivity index (χ2n) is 4.55. The zero-order valence-corrected chi connectivity index (χ0v) is 9.11. The molecule has 82 valence electrons. The van der Waals surface area contributed by atoms with Crippen molar-refractivity contribution in [2.45, 2.75) is 50.7 Å². The van der Waals surface area contributed by atoms with Crippen molar-refractivity contribution in [1.29, 1.82) is 0 Å². The van der Waals surface area contributed by atoms with E-state index in [0.717, 1.165) is 31.8 Å². The van der Waals surface area contributed by atoms with Gasteiger partial charge >= 0.3 is 0 Å². The van der Waals surface area contributed by atoms with E-state index in [4.69, 9.17) is 10.5 Å². The van der Waals surface area contributed by atoms with Gasteiger partial charge in [-0.05, 0) is 32.6 Å². The average Bonchev–Trinajstić information content (AvgIpc) is 2.42. The maximum absolute atomic E-state index is 6.01. The van der Waals surface area contributed by atoms with Crippen molar-refractivity contribution in [3.8, 4) is 0 Å². The van der Waals surface area contributed by atoms with Gasteiger partial charge in [0.2, 0.25) is 0 Å². The first-order valence-electron chi connectivity index (χ1n) is 5.90. The SMILES string of the molecule is CCOCCN1[C@@H]2CC[C@H]1C[C@@H](N)C2. The molecule has 14 heavy (non-hydrogen) atoms. The molecule has 3 atom stereocenters. The topological polar surface area (TPSA) is 38.5 Å². The summed E-state index contributed by atoms with van der Waals surface area (Å²) >= 11 is 0. The molecule has 2 heterocycles. The third kappa shape index (κ3) is 2.10. The maximum Gasteiger partial charge on any atom is 0.0593 e. The molecule has 0 radical (unpaired) electrons. The number of piperidine rings is 1. The number of hydrogen-bond donors (Lipinski definition) is 1. The van der Waals surface area contributed by atoms with Crippen molar-refractivity contribution in [3.63, 3.8) is 0 Å². The highest BCUT2D eigenvalue weighted by Crippen LogP contribution is 2.34. The third-order valence-electron chi connectivity index (χ3n) is 3.62. The quantitative estimate of drug-likeness (QED) is 0.684. The summed E-state index contributed by atoms with van der Waals surface area (Å²) in [5.74, 6) is 0. The molecule has 0 aliphatic carbocycles. The molecule has 2 saturated heterocycles. The Kier molecular flexibility index (Phi) is 3.42. The van der Waals surface area contributed by atoms with Gasteiger partial charge in [0.1, 0.15) is 0 Å². The van der Waals surface area contributed by atoms with Gasteiger partial charge in [-0.1, -0.05) is 0 Å². The molecular weight excluding hydrogens is 176 g/mol. The first kappa shape index (κ1) is 10.4. The largest absolute Gasteiger partial charge is 0.380 e. The first-order valence-corrected chi connectivity index (χ1v) is 5.90. The molecular formula is C11H22N2O. The van der Waals surface area contributed by atoms with Gasteiger partial charge in [0.25, 0.3) is 0 Å². The highest BCUT2D eigenvalue weighted by Gasteiger charge is 2.38.